The normalized spacial score (nSPS) is 38.1. The molecule has 4 N–H and O–H groups in total. The Kier molecular flexibility index (Phi) is 7.94. The predicted octanol–water partition coefficient (Wildman–Crippen LogP) is -0.295. The molecule has 0 radical (unpaired) electrons. The molecule has 0 aromatic rings. The molecule has 1 fully saturated rings. The average molecular weight is 290 g/mol. The third-order valence-electron chi connectivity index (χ3n) is 4.51. The third kappa shape index (κ3) is 3.90. The highest BCUT2D eigenvalue weighted by atomic mass is 16.5. The molecule has 4 atom stereocenters. The molecule has 0 heterocycles. The van der Waals surface area contributed by atoms with Crippen molar-refractivity contribution in [3.8, 4) is 0 Å². The van der Waals surface area contributed by atoms with Crippen LogP contribution in [0.25, 0.3) is 0 Å². The molecule has 120 valence electrons. The van der Waals surface area contributed by atoms with E-state index in [-0.39, 0.29) is 35.8 Å². The first-order chi connectivity index (χ1) is 9.62. The number of nitrogens with two attached hydrogens (primary N) is 2. The Morgan fingerprint density at radius 1 is 0.550 bits per heavy atom. The van der Waals surface area contributed by atoms with Crippen LogP contribution in [0.15, 0.2) is 0 Å². The van der Waals surface area contributed by atoms with Crippen molar-refractivity contribution in [2.24, 2.45) is 35.1 Å². The van der Waals surface area contributed by atoms with Crippen molar-refractivity contribution in [2.75, 3.05) is 54.9 Å². The molecule has 1 saturated carbocycles. The van der Waals surface area contributed by atoms with E-state index in [4.69, 9.17) is 30.4 Å². The zero-order valence-corrected chi connectivity index (χ0v) is 13.1. The minimum absolute atomic E-state index is 0.0324. The van der Waals surface area contributed by atoms with Gasteiger partial charge in [0.25, 0.3) is 0 Å². The topological polar surface area (TPSA) is 89.0 Å². The van der Waals surface area contributed by atoms with E-state index in [1.807, 2.05) is 0 Å². The summed E-state index contributed by atoms with van der Waals surface area (Å²) in [7, 11) is 6.76. The van der Waals surface area contributed by atoms with Crippen molar-refractivity contribution < 1.29 is 18.9 Å². The summed E-state index contributed by atoms with van der Waals surface area (Å²) in [5, 5.41) is 0. The molecule has 1 rings (SSSR count). The summed E-state index contributed by atoms with van der Waals surface area (Å²) in [5.41, 5.74) is 12.9. The van der Waals surface area contributed by atoms with Crippen LogP contribution < -0.4 is 11.5 Å². The summed E-state index contributed by atoms with van der Waals surface area (Å²) in [6, 6.07) is -0.0648. The van der Waals surface area contributed by atoms with E-state index in [2.05, 4.69) is 0 Å². The Bertz CT molecular complexity index is 218. The van der Waals surface area contributed by atoms with Gasteiger partial charge in [-0.3, -0.25) is 0 Å². The lowest BCUT2D eigenvalue weighted by Crippen LogP contribution is -2.62. The molecule has 0 aromatic heterocycles. The van der Waals surface area contributed by atoms with Crippen molar-refractivity contribution in [2.45, 2.75) is 12.1 Å². The monoisotopic (exact) mass is 290 g/mol. The molecule has 0 saturated heterocycles. The molecule has 0 aliphatic heterocycles. The molecule has 6 nitrogen and oxygen atoms in total. The highest BCUT2D eigenvalue weighted by Gasteiger charge is 2.47. The van der Waals surface area contributed by atoms with Crippen LogP contribution in [0.1, 0.15) is 0 Å². The number of methoxy groups -OCH3 is 4. The Hall–Kier alpha value is -0.240. The van der Waals surface area contributed by atoms with Crippen LogP contribution >= 0.6 is 0 Å². The van der Waals surface area contributed by atoms with E-state index < -0.39 is 0 Å². The van der Waals surface area contributed by atoms with Crippen LogP contribution in [0.4, 0.5) is 0 Å². The molecule has 0 spiro atoms. The molecule has 1 aliphatic rings. The number of rotatable bonds is 8. The van der Waals surface area contributed by atoms with Gasteiger partial charge in [-0.05, 0) is 0 Å². The van der Waals surface area contributed by atoms with Crippen molar-refractivity contribution >= 4 is 0 Å². The fourth-order valence-corrected chi connectivity index (χ4v) is 3.49. The summed E-state index contributed by atoms with van der Waals surface area (Å²) < 4.78 is 21.3. The molecule has 0 amide bonds. The summed E-state index contributed by atoms with van der Waals surface area (Å²) >= 11 is 0. The van der Waals surface area contributed by atoms with Crippen molar-refractivity contribution in [1.29, 1.82) is 0 Å². The largest absolute Gasteiger partial charge is 0.384 e. The first-order valence-electron chi connectivity index (χ1n) is 7.09. The lowest BCUT2D eigenvalue weighted by molar-refractivity contribution is -0.0591. The molecule has 0 bridgehead atoms. The summed E-state index contributed by atoms with van der Waals surface area (Å²) in [6.07, 6.45) is 0. The molecule has 1 aliphatic carbocycles. The van der Waals surface area contributed by atoms with Crippen LogP contribution in [-0.4, -0.2) is 67.0 Å². The molecule has 4 unspecified atom stereocenters. The first kappa shape index (κ1) is 17.8. The molecule has 0 aromatic carbocycles. The standard InChI is InChI=1S/C14H30N2O4/c1-17-5-9-10(6-18-2)14(16)12(8-20-4)11(7-19-3)13(9)15/h9-14H,5-8,15-16H2,1-4H3. The zero-order valence-electron chi connectivity index (χ0n) is 13.1. The van der Waals surface area contributed by atoms with Gasteiger partial charge in [0.15, 0.2) is 0 Å². The fraction of sp³-hybridized carbons (Fsp3) is 1.00. The van der Waals surface area contributed by atoms with Crippen molar-refractivity contribution in [3.63, 3.8) is 0 Å². The Morgan fingerprint density at radius 3 is 0.900 bits per heavy atom. The van der Waals surface area contributed by atoms with E-state index in [1.54, 1.807) is 28.4 Å². The van der Waals surface area contributed by atoms with Crippen molar-refractivity contribution in [3.05, 3.63) is 0 Å². The lowest BCUT2D eigenvalue weighted by atomic mass is 9.63. The summed E-state index contributed by atoms with van der Waals surface area (Å²) in [6.45, 7) is 2.34. The summed E-state index contributed by atoms with van der Waals surface area (Å²) in [4.78, 5) is 0. The third-order valence-corrected chi connectivity index (χ3v) is 4.51. The Balaban J connectivity index is 2.96. The van der Waals surface area contributed by atoms with Gasteiger partial charge in [0, 0.05) is 64.2 Å². The van der Waals surface area contributed by atoms with Gasteiger partial charge in [-0.15, -0.1) is 0 Å². The fourth-order valence-electron chi connectivity index (χ4n) is 3.49. The van der Waals surface area contributed by atoms with Gasteiger partial charge < -0.3 is 30.4 Å². The maximum atomic E-state index is 6.47. The van der Waals surface area contributed by atoms with Crippen LogP contribution in [0.2, 0.25) is 0 Å². The smallest absolute Gasteiger partial charge is 0.0509 e. The molecular formula is C14H30N2O4. The molecule has 20 heavy (non-hydrogen) atoms. The quantitative estimate of drug-likeness (QED) is 0.638. The maximum absolute atomic E-state index is 6.47. The van der Waals surface area contributed by atoms with Gasteiger partial charge in [0.1, 0.15) is 0 Å². The second-order valence-electron chi connectivity index (χ2n) is 5.63. The lowest BCUT2D eigenvalue weighted by Gasteiger charge is -2.49. The van der Waals surface area contributed by atoms with E-state index in [0.717, 1.165) is 0 Å². The minimum Gasteiger partial charge on any atom is -0.384 e. The van der Waals surface area contributed by atoms with Crippen LogP contribution in [0.5, 0.6) is 0 Å². The van der Waals surface area contributed by atoms with Crippen molar-refractivity contribution in [1.82, 2.24) is 0 Å². The number of hydrogen-bond donors (Lipinski definition) is 2. The van der Waals surface area contributed by atoms with E-state index in [1.165, 1.54) is 0 Å². The minimum atomic E-state index is -0.0324. The van der Waals surface area contributed by atoms with Crippen LogP contribution in [0, 0.1) is 23.7 Å². The predicted molar refractivity (Wildman–Crippen MR) is 77.4 cm³/mol. The van der Waals surface area contributed by atoms with Gasteiger partial charge in [0.2, 0.25) is 0 Å². The Labute approximate surface area is 122 Å². The average Bonchev–Trinajstić information content (AvgIpc) is 2.44. The molecular weight excluding hydrogens is 260 g/mol. The van der Waals surface area contributed by atoms with E-state index in [9.17, 15) is 0 Å². The second kappa shape index (κ2) is 8.92. The van der Waals surface area contributed by atoms with Gasteiger partial charge >= 0.3 is 0 Å². The molecule has 6 heteroatoms. The SMILES string of the molecule is COCC1C(N)C(COC)C(COC)C(N)C1COC. The maximum Gasteiger partial charge on any atom is 0.0509 e. The Morgan fingerprint density at radius 2 is 0.750 bits per heavy atom. The van der Waals surface area contributed by atoms with Gasteiger partial charge in [0.05, 0.1) is 26.4 Å². The van der Waals surface area contributed by atoms with E-state index >= 15 is 0 Å². The highest BCUT2D eigenvalue weighted by molar-refractivity contribution is 5.01. The number of hydrogen-bond acceptors (Lipinski definition) is 6. The summed E-state index contributed by atoms with van der Waals surface area (Å²) in [5.74, 6) is 0.679. The zero-order chi connectivity index (χ0) is 15.1. The second-order valence-corrected chi connectivity index (χ2v) is 5.63. The number of ether oxygens (including phenoxy) is 4. The first-order valence-corrected chi connectivity index (χ1v) is 7.09. The highest BCUT2D eigenvalue weighted by Crippen LogP contribution is 2.37. The van der Waals surface area contributed by atoms with Crippen LogP contribution in [0.3, 0.4) is 0 Å². The van der Waals surface area contributed by atoms with Crippen LogP contribution in [-0.2, 0) is 18.9 Å². The van der Waals surface area contributed by atoms with Gasteiger partial charge in [-0.2, -0.15) is 0 Å². The van der Waals surface area contributed by atoms with Gasteiger partial charge in [-0.25, -0.2) is 0 Å². The van der Waals surface area contributed by atoms with E-state index in [0.29, 0.717) is 26.4 Å². The van der Waals surface area contributed by atoms with Gasteiger partial charge in [-0.1, -0.05) is 0 Å².